The molecule has 0 aromatic heterocycles. The Morgan fingerprint density at radius 3 is 2.23 bits per heavy atom. The van der Waals surface area contributed by atoms with Crippen molar-refractivity contribution in [1.82, 2.24) is 5.32 Å². The molecular weight excluding hydrogens is 286 g/mol. The molecule has 0 unspecified atom stereocenters. The van der Waals surface area contributed by atoms with E-state index in [0.29, 0.717) is 0 Å². The molecule has 0 saturated heterocycles. The van der Waals surface area contributed by atoms with E-state index in [1.165, 1.54) is 6.92 Å². The highest BCUT2D eigenvalue weighted by Crippen LogP contribution is 2.13. The summed E-state index contributed by atoms with van der Waals surface area (Å²) >= 11 is 0. The average molecular weight is 305 g/mol. The largest absolute Gasteiger partial charge is 0.463 e. The number of amides is 1. The number of esters is 2. The van der Waals surface area contributed by atoms with Crippen LogP contribution in [0, 0.1) is 0 Å². The van der Waals surface area contributed by atoms with E-state index in [-0.39, 0.29) is 19.1 Å². The van der Waals surface area contributed by atoms with E-state index in [4.69, 9.17) is 4.74 Å². The van der Waals surface area contributed by atoms with Crippen molar-refractivity contribution in [3.05, 3.63) is 48.0 Å². The zero-order valence-corrected chi connectivity index (χ0v) is 12.6. The molecule has 0 spiro atoms. The molecule has 0 radical (unpaired) electrons. The Morgan fingerprint density at radius 1 is 1.09 bits per heavy atom. The number of nitrogens with one attached hydrogen (secondary N) is 1. The van der Waals surface area contributed by atoms with Crippen LogP contribution in [-0.2, 0) is 23.9 Å². The van der Waals surface area contributed by atoms with Crippen LogP contribution in [0.5, 0.6) is 0 Å². The quantitative estimate of drug-likeness (QED) is 0.610. The summed E-state index contributed by atoms with van der Waals surface area (Å²) in [5.41, 5.74) is 0.819. The summed E-state index contributed by atoms with van der Waals surface area (Å²) in [5.74, 6) is -1.52. The average Bonchev–Trinajstić information content (AvgIpc) is 2.50. The summed E-state index contributed by atoms with van der Waals surface area (Å²) in [6.45, 7) is 3.26. The van der Waals surface area contributed by atoms with Crippen LogP contribution in [0.25, 0.3) is 0 Å². The van der Waals surface area contributed by atoms with Crippen LogP contribution in [0.1, 0.15) is 25.5 Å². The van der Waals surface area contributed by atoms with E-state index >= 15 is 0 Å². The highest BCUT2D eigenvalue weighted by Gasteiger charge is 2.14. The number of benzene rings is 1. The predicted octanol–water partition coefficient (Wildman–Crippen LogP) is 1.53. The Balaban J connectivity index is 2.58. The first-order chi connectivity index (χ1) is 10.5. The Kier molecular flexibility index (Phi) is 7.39. The van der Waals surface area contributed by atoms with E-state index in [2.05, 4.69) is 10.1 Å². The van der Waals surface area contributed by atoms with Crippen LogP contribution in [0.15, 0.2) is 42.5 Å². The van der Waals surface area contributed by atoms with E-state index in [1.807, 2.05) is 30.3 Å². The lowest BCUT2D eigenvalue weighted by Gasteiger charge is -2.17. The molecule has 22 heavy (non-hydrogen) atoms. The van der Waals surface area contributed by atoms with Crippen LogP contribution < -0.4 is 5.32 Å². The summed E-state index contributed by atoms with van der Waals surface area (Å²) in [7, 11) is 0. The molecule has 1 aromatic carbocycles. The molecule has 0 aliphatic heterocycles. The second-order valence-corrected chi connectivity index (χ2v) is 4.38. The minimum atomic E-state index is -0.681. The smallest absolute Gasteiger partial charge is 0.331 e. The monoisotopic (exact) mass is 305 g/mol. The topological polar surface area (TPSA) is 81.7 Å². The van der Waals surface area contributed by atoms with Crippen molar-refractivity contribution < 1.29 is 23.9 Å². The van der Waals surface area contributed by atoms with E-state index in [9.17, 15) is 14.4 Å². The molecular formula is C16H19NO5. The van der Waals surface area contributed by atoms with Crippen molar-refractivity contribution >= 4 is 17.8 Å². The normalized spacial score (nSPS) is 11.7. The first-order valence-corrected chi connectivity index (χ1v) is 6.86. The fourth-order valence-corrected chi connectivity index (χ4v) is 1.69. The van der Waals surface area contributed by atoms with Gasteiger partial charge in [0.2, 0.25) is 5.91 Å². The first-order valence-electron chi connectivity index (χ1n) is 6.86. The van der Waals surface area contributed by atoms with Crippen molar-refractivity contribution in [3.63, 3.8) is 0 Å². The number of hydrogen-bond donors (Lipinski definition) is 1. The number of rotatable bonds is 7. The standard InChI is InChI=1S/C16H19NO5/c1-3-21-15(19)9-10-16(20)22-11-14(17-12(2)18)13-7-5-4-6-8-13/h4-10,14H,3,11H2,1-2H3,(H,17,18)/b10-9+/t14-/m1/s1. The molecule has 1 atom stereocenters. The lowest BCUT2D eigenvalue weighted by atomic mass is 10.1. The maximum Gasteiger partial charge on any atom is 0.331 e. The van der Waals surface area contributed by atoms with Crippen LogP contribution >= 0.6 is 0 Å². The van der Waals surface area contributed by atoms with Crippen LogP contribution in [0.4, 0.5) is 0 Å². The molecule has 118 valence electrons. The minimum Gasteiger partial charge on any atom is -0.463 e. The van der Waals surface area contributed by atoms with Gasteiger partial charge in [0.15, 0.2) is 0 Å². The minimum absolute atomic E-state index is 0.0322. The zero-order valence-electron chi connectivity index (χ0n) is 12.6. The lowest BCUT2D eigenvalue weighted by Crippen LogP contribution is -2.30. The molecule has 1 N–H and O–H groups in total. The molecule has 0 heterocycles. The Bertz CT molecular complexity index is 539. The Hall–Kier alpha value is -2.63. The van der Waals surface area contributed by atoms with Crippen molar-refractivity contribution in [2.24, 2.45) is 0 Å². The second kappa shape index (κ2) is 9.33. The SMILES string of the molecule is CCOC(=O)/C=C/C(=O)OC[C@@H](NC(C)=O)c1ccccc1. The number of ether oxygens (including phenoxy) is 2. The maximum atomic E-state index is 11.5. The van der Waals surface area contributed by atoms with Crippen LogP contribution in [0.3, 0.4) is 0 Å². The zero-order chi connectivity index (χ0) is 16.4. The van der Waals surface area contributed by atoms with E-state index < -0.39 is 18.0 Å². The molecule has 0 bridgehead atoms. The van der Waals surface area contributed by atoms with Gasteiger partial charge in [-0.05, 0) is 12.5 Å². The summed E-state index contributed by atoms with van der Waals surface area (Å²) in [4.78, 5) is 33.9. The summed E-state index contributed by atoms with van der Waals surface area (Å²) < 4.78 is 9.69. The van der Waals surface area contributed by atoms with Gasteiger partial charge in [0, 0.05) is 19.1 Å². The highest BCUT2D eigenvalue weighted by atomic mass is 16.5. The Morgan fingerprint density at radius 2 is 1.68 bits per heavy atom. The van der Waals surface area contributed by atoms with Gasteiger partial charge in [-0.15, -0.1) is 0 Å². The fourth-order valence-electron chi connectivity index (χ4n) is 1.69. The molecule has 6 nitrogen and oxygen atoms in total. The highest BCUT2D eigenvalue weighted by molar-refractivity contribution is 5.91. The lowest BCUT2D eigenvalue weighted by molar-refractivity contribution is -0.141. The summed E-state index contributed by atoms with van der Waals surface area (Å²) in [6, 6.07) is 8.70. The maximum absolute atomic E-state index is 11.5. The van der Waals surface area contributed by atoms with Gasteiger partial charge in [0.25, 0.3) is 0 Å². The number of carbonyl (C=O) groups is 3. The third kappa shape index (κ3) is 6.69. The van der Waals surface area contributed by atoms with E-state index in [0.717, 1.165) is 17.7 Å². The van der Waals surface area contributed by atoms with Crippen LogP contribution in [0.2, 0.25) is 0 Å². The summed E-state index contributed by atoms with van der Waals surface area (Å²) in [5, 5.41) is 2.70. The van der Waals surface area contributed by atoms with Gasteiger partial charge in [-0.1, -0.05) is 30.3 Å². The van der Waals surface area contributed by atoms with Crippen molar-refractivity contribution in [2.45, 2.75) is 19.9 Å². The van der Waals surface area contributed by atoms with Gasteiger partial charge in [0.05, 0.1) is 12.6 Å². The molecule has 0 aliphatic rings. The van der Waals surface area contributed by atoms with Gasteiger partial charge in [-0.2, -0.15) is 0 Å². The third-order valence-corrected chi connectivity index (χ3v) is 2.61. The summed E-state index contributed by atoms with van der Waals surface area (Å²) in [6.07, 6.45) is 2.00. The molecule has 1 rings (SSSR count). The van der Waals surface area contributed by atoms with Crippen LogP contribution in [-0.4, -0.2) is 31.1 Å². The fraction of sp³-hybridized carbons (Fsp3) is 0.312. The van der Waals surface area contributed by atoms with Gasteiger partial charge in [-0.3, -0.25) is 4.79 Å². The van der Waals surface area contributed by atoms with E-state index in [1.54, 1.807) is 6.92 Å². The predicted molar refractivity (Wildman–Crippen MR) is 79.7 cm³/mol. The molecule has 0 fully saturated rings. The van der Waals surface area contributed by atoms with Crippen molar-refractivity contribution in [3.8, 4) is 0 Å². The van der Waals surface area contributed by atoms with Gasteiger partial charge in [-0.25, -0.2) is 9.59 Å². The Labute approximate surface area is 129 Å². The third-order valence-electron chi connectivity index (χ3n) is 2.61. The molecule has 0 saturated carbocycles. The van der Waals surface area contributed by atoms with Gasteiger partial charge >= 0.3 is 11.9 Å². The number of hydrogen-bond acceptors (Lipinski definition) is 5. The molecule has 1 aromatic rings. The molecule has 1 amide bonds. The van der Waals surface area contributed by atoms with Gasteiger partial charge < -0.3 is 14.8 Å². The molecule has 6 heteroatoms. The molecule has 0 aliphatic carbocycles. The second-order valence-electron chi connectivity index (χ2n) is 4.38. The van der Waals surface area contributed by atoms with Gasteiger partial charge in [0.1, 0.15) is 6.61 Å². The van der Waals surface area contributed by atoms with Crippen molar-refractivity contribution in [1.29, 1.82) is 0 Å². The van der Waals surface area contributed by atoms with Crippen molar-refractivity contribution in [2.75, 3.05) is 13.2 Å². The number of carbonyl (C=O) groups excluding carboxylic acids is 3. The first kappa shape index (κ1) is 17.4.